The van der Waals surface area contributed by atoms with Gasteiger partial charge in [-0.15, -0.1) is 0 Å². The highest BCUT2D eigenvalue weighted by molar-refractivity contribution is 7.90. The first-order chi connectivity index (χ1) is 7.72. The molecule has 1 atom stereocenters. The van der Waals surface area contributed by atoms with Crippen molar-refractivity contribution in [3.63, 3.8) is 0 Å². The van der Waals surface area contributed by atoms with Crippen LogP contribution in [-0.2, 0) is 9.84 Å². The summed E-state index contributed by atoms with van der Waals surface area (Å²) in [6.45, 7) is 6.01. The zero-order chi connectivity index (χ0) is 13.5. The molecule has 0 aromatic carbocycles. The predicted octanol–water partition coefficient (Wildman–Crippen LogP) is -0.287. The standard InChI is InChI=1S/C11H26N2O3S/c1-5-6-12-11(2,10-14)9-13(3)7-8-17(4,15)16/h12,14H,5-10H2,1-4H3. The van der Waals surface area contributed by atoms with Crippen molar-refractivity contribution in [2.24, 2.45) is 0 Å². The van der Waals surface area contributed by atoms with E-state index in [1.54, 1.807) is 0 Å². The second kappa shape index (κ2) is 7.31. The van der Waals surface area contributed by atoms with Gasteiger partial charge < -0.3 is 15.3 Å². The second-order valence-corrected chi connectivity index (χ2v) is 7.27. The van der Waals surface area contributed by atoms with Gasteiger partial charge in [-0.3, -0.25) is 0 Å². The van der Waals surface area contributed by atoms with E-state index >= 15 is 0 Å². The molecule has 6 heteroatoms. The molecule has 0 fully saturated rings. The first-order valence-corrected chi connectivity index (χ1v) is 8.00. The Labute approximate surface area is 105 Å². The van der Waals surface area contributed by atoms with E-state index in [2.05, 4.69) is 12.2 Å². The van der Waals surface area contributed by atoms with Gasteiger partial charge in [-0.2, -0.15) is 0 Å². The van der Waals surface area contributed by atoms with Gasteiger partial charge in [0, 0.05) is 19.3 Å². The molecule has 0 saturated carbocycles. The van der Waals surface area contributed by atoms with E-state index in [9.17, 15) is 13.5 Å². The summed E-state index contributed by atoms with van der Waals surface area (Å²) in [5.74, 6) is 0.152. The molecule has 0 spiro atoms. The van der Waals surface area contributed by atoms with Crippen LogP contribution in [0.1, 0.15) is 20.3 Å². The van der Waals surface area contributed by atoms with Crippen molar-refractivity contribution in [2.75, 3.05) is 45.3 Å². The Balaban J connectivity index is 4.17. The number of nitrogens with zero attached hydrogens (tertiary/aromatic N) is 1. The average Bonchev–Trinajstić information content (AvgIpc) is 2.23. The number of sulfone groups is 1. The molecule has 0 aromatic heterocycles. The maximum absolute atomic E-state index is 11.1. The molecule has 104 valence electrons. The van der Waals surface area contributed by atoms with E-state index in [0.29, 0.717) is 13.1 Å². The van der Waals surface area contributed by atoms with E-state index in [-0.39, 0.29) is 17.9 Å². The topological polar surface area (TPSA) is 69.6 Å². The number of rotatable bonds is 9. The second-order valence-electron chi connectivity index (χ2n) is 5.01. The fourth-order valence-corrected chi connectivity index (χ4v) is 2.23. The van der Waals surface area contributed by atoms with E-state index < -0.39 is 9.84 Å². The van der Waals surface area contributed by atoms with Gasteiger partial charge in [-0.05, 0) is 26.9 Å². The minimum atomic E-state index is -2.92. The molecule has 0 rings (SSSR count). The van der Waals surface area contributed by atoms with Gasteiger partial charge in [-0.1, -0.05) is 6.92 Å². The fraction of sp³-hybridized carbons (Fsp3) is 1.00. The summed E-state index contributed by atoms with van der Waals surface area (Å²) in [6.07, 6.45) is 2.24. The maximum atomic E-state index is 11.1. The van der Waals surface area contributed by atoms with Crippen LogP contribution in [0.15, 0.2) is 0 Å². The van der Waals surface area contributed by atoms with Gasteiger partial charge in [-0.25, -0.2) is 8.42 Å². The van der Waals surface area contributed by atoms with Crippen LogP contribution in [0.4, 0.5) is 0 Å². The summed E-state index contributed by atoms with van der Waals surface area (Å²) >= 11 is 0. The largest absolute Gasteiger partial charge is 0.394 e. The van der Waals surface area contributed by atoms with Gasteiger partial charge in [0.2, 0.25) is 0 Å². The SMILES string of the molecule is CCCNC(C)(CO)CN(C)CCS(C)(=O)=O. The van der Waals surface area contributed by atoms with Crippen molar-refractivity contribution in [1.29, 1.82) is 0 Å². The molecule has 17 heavy (non-hydrogen) atoms. The minimum absolute atomic E-state index is 0.0379. The van der Waals surface area contributed by atoms with Gasteiger partial charge in [0.1, 0.15) is 9.84 Å². The van der Waals surface area contributed by atoms with Crippen molar-refractivity contribution in [3.05, 3.63) is 0 Å². The molecule has 5 nitrogen and oxygen atoms in total. The molecule has 0 aliphatic heterocycles. The van der Waals surface area contributed by atoms with E-state index in [1.165, 1.54) is 6.26 Å². The molecule has 0 saturated heterocycles. The summed E-state index contributed by atoms with van der Waals surface area (Å²) in [5, 5.41) is 12.7. The molecule has 0 aromatic rings. The number of hydrogen-bond acceptors (Lipinski definition) is 5. The molecular weight excluding hydrogens is 240 g/mol. The molecule has 2 N–H and O–H groups in total. The van der Waals surface area contributed by atoms with Crippen LogP contribution in [-0.4, -0.2) is 69.3 Å². The molecule has 0 radical (unpaired) electrons. The summed E-state index contributed by atoms with van der Waals surface area (Å²) < 4.78 is 22.1. The Hall–Kier alpha value is -0.170. The third-order valence-electron chi connectivity index (χ3n) is 2.61. The Morgan fingerprint density at radius 3 is 2.41 bits per heavy atom. The lowest BCUT2D eigenvalue weighted by Gasteiger charge is -2.33. The number of likely N-dealkylation sites (N-methyl/N-ethyl adjacent to an activating group) is 1. The minimum Gasteiger partial charge on any atom is -0.394 e. The Bertz CT molecular complexity index is 306. The van der Waals surface area contributed by atoms with Gasteiger partial charge in [0.25, 0.3) is 0 Å². The Morgan fingerprint density at radius 2 is 2.00 bits per heavy atom. The van der Waals surface area contributed by atoms with Crippen molar-refractivity contribution in [3.8, 4) is 0 Å². The monoisotopic (exact) mass is 266 g/mol. The summed E-state index contributed by atoms with van der Waals surface area (Å²) in [6, 6.07) is 0. The number of aliphatic hydroxyl groups excluding tert-OH is 1. The maximum Gasteiger partial charge on any atom is 0.148 e. The predicted molar refractivity (Wildman–Crippen MR) is 71.0 cm³/mol. The van der Waals surface area contributed by atoms with Crippen LogP contribution < -0.4 is 5.32 Å². The highest BCUT2D eigenvalue weighted by atomic mass is 32.2. The molecule has 0 bridgehead atoms. The molecule has 0 aliphatic rings. The zero-order valence-electron chi connectivity index (χ0n) is 11.4. The highest BCUT2D eigenvalue weighted by Crippen LogP contribution is 2.05. The van der Waals surface area contributed by atoms with Gasteiger partial charge >= 0.3 is 0 Å². The summed E-state index contributed by atoms with van der Waals surface area (Å²) in [5.41, 5.74) is -0.373. The smallest absolute Gasteiger partial charge is 0.148 e. The quantitative estimate of drug-likeness (QED) is 0.600. The summed E-state index contributed by atoms with van der Waals surface area (Å²) in [4.78, 5) is 1.93. The van der Waals surface area contributed by atoms with Gasteiger partial charge in [0.15, 0.2) is 0 Å². The van der Waals surface area contributed by atoms with Crippen LogP contribution in [0.2, 0.25) is 0 Å². The molecule has 0 aliphatic carbocycles. The van der Waals surface area contributed by atoms with Crippen LogP contribution in [0.3, 0.4) is 0 Å². The Kier molecular flexibility index (Phi) is 7.23. The Morgan fingerprint density at radius 1 is 1.41 bits per heavy atom. The lowest BCUT2D eigenvalue weighted by molar-refractivity contribution is 0.135. The van der Waals surface area contributed by atoms with E-state index in [4.69, 9.17) is 0 Å². The van der Waals surface area contributed by atoms with Crippen molar-refractivity contribution >= 4 is 9.84 Å². The van der Waals surface area contributed by atoms with Crippen LogP contribution >= 0.6 is 0 Å². The van der Waals surface area contributed by atoms with Crippen molar-refractivity contribution in [2.45, 2.75) is 25.8 Å². The third kappa shape index (κ3) is 8.54. The van der Waals surface area contributed by atoms with Crippen molar-refractivity contribution < 1.29 is 13.5 Å². The van der Waals surface area contributed by atoms with Crippen LogP contribution in [0.5, 0.6) is 0 Å². The summed E-state index contributed by atoms with van der Waals surface area (Å²) in [7, 11) is -1.06. The average molecular weight is 266 g/mol. The molecule has 1 unspecified atom stereocenters. The number of aliphatic hydroxyl groups is 1. The van der Waals surface area contributed by atoms with Crippen LogP contribution in [0, 0.1) is 0 Å². The number of hydrogen-bond donors (Lipinski definition) is 2. The van der Waals surface area contributed by atoms with E-state index in [1.807, 2.05) is 18.9 Å². The van der Waals surface area contributed by atoms with E-state index in [0.717, 1.165) is 13.0 Å². The third-order valence-corrected chi connectivity index (χ3v) is 3.54. The first kappa shape index (κ1) is 16.8. The molecular formula is C11H26N2O3S. The van der Waals surface area contributed by atoms with Crippen LogP contribution in [0.25, 0.3) is 0 Å². The lowest BCUT2D eigenvalue weighted by Crippen LogP contribution is -2.54. The highest BCUT2D eigenvalue weighted by Gasteiger charge is 2.24. The molecule has 0 heterocycles. The van der Waals surface area contributed by atoms with Gasteiger partial charge in [0.05, 0.1) is 17.9 Å². The first-order valence-electron chi connectivity index (χ1n) is 5.94. The zero-order valence-corrected chi connectivity index (χ0v) is 12.2. The lowest BCUT2D eigenvalue weighted by atomic mass is 10.0. The number of nitrogens with one attached hydrogen (secondary N) is 1. The van der Waals surface area contributed by atoms with Crippen molar-refractivity contribution in [1.82, 2.24) is 10.2 Å². The normalized spacial score (nSPS) is 16.1. The molecule has 0 amide bonds. The fourth-order valence-electron chi connectivity index (χ4n) is 1.59.